The highest BCUT2D eigenvalue weighted by Gasteiger charge is 2.38. The van der Waals surface area contributed by atoms with Gasteiger partial charge in [-0.2, -0.15) is 0 Å². The molecule has 108 valence electrons. The monoisotopic (exact) mass is 271 g/mol. The van der Waals surface area contributed by atoms with Crippen LogP contribution in [0.15, 0.2) is 0 Å². The zero-order valence-corrected chi connectivity index (χ0v) is 11.5. The van der Waals surface area contributed by atoms with Crippen LogP contribution in [0.2, 0.25) is 0 Å². The molecule has 3 N–H and O–H groups in total. The molecule has 7 nitrogen and oxygen atoms in total. The Morgan fingerprint density at radius 1 is 1.42 bits per heavy atom. The first kappa shape index (κ1) is 15.3. The van der Waals surface area contributed by atoms with E-state index < -0.39 is 24.0 Å². The van der Waals surface area contributed by atoms with Gasteiger partial charge in [0.05, 0.1) is 5.92 Å². The summed E-state index contributed by atoms with van der Waals surface area (Å²) >= 11 is 0. The number of hydrogen-bond donors (Lipinski definition) is 3. The molecule has 0 spiro atoms. The van der Waals surface area contributed by atoms with Gasteiger partial charge in [-0.1, -0.05) is 0 Å². The maximum atomic E-state index is 12.0. The lowest BCUT2D eigenvalue weighted by atomic mass is 10.0. The lowest BCUT2D eigenvalue weighted by molar-refractivity contribution is -0.142. The van der Waals surface area contributed by atoms with Crippen LogP contribution in [0, 0.1) is 5.92 Å². The molecular formula is C12H21N3O4. The standard InChI is InChI=1S/C12H21N3O4/c1-4-13-10(16)7(2)14-12(19)15-6-5-9(8(15)3)11(17)18/h7-9H,4-6H2,1-3H3,(H,13,16)(H,14,19)(H,17,18). The van der Waals surface area contributed by atoms with Crippen LogP contribution in [-0.4, -0.2) is 53.1 Å². The third-order valence-corrected chi connectivity index (χ3v) is 3.42. The van der Waals surface area contributed by atoms with Gasteiger partial charge >= 0.3 is 12.0 Å². The van der Waals surface area contributed by atoms with Gasteiger partial charge in [0.1, 0.15) is 6.04 Å². The molecule has 1 aliphatic rings. The van der Waals surface area contributed by atoms with Gasteiger partial charge < -0.3 is 20.6 Å². The number of carbonyl (C=O) groups excluding carboxylic acids is 2. The second kappa shape index (κ2) is 6.40. The molecule has 7 heteroatoms. The molecule has 0 aliphatic carbocycles. The molecule has 19 heavy (non-hydrogen) atoms. The average Bonchev–Trinajstić information content (AvgIpc) is 2.71. The van der Waals surface area contributed by atoms with Crippen molar-refractivity contribution in [1.82, 2.24) is 15.5 Å². The quantitative estimate of drug-likeness (QED) is 0.671. The van der Waals surface area contributed by atoms with Gasteiger partial charge in [0.2, 0.25) is 5.91 Å². The molecule has 0 aromatic heterocycles. The van der Waals surface area contributed by atoms with E-state index in [4.69, 9.17) is 5.11 Å². The summed E-state index contributed by atoms with van der Waals surface area (Å²) in [6.45, 7) is 6.00. The molecular weight excluding hydrogens is 250 g/mol. The van der Waals surface area contributed by atoms with E-state index in [0.29, 0.717) is 19.5 Å². The highest BCUT2D eigenvalue weighted by atomic mass is 16.4. The Kier molecular flexibility index (Phi) is 5.14. The summed E-state index contributed by atoms with van der Waals surface area (Å²) in [7, 11) is 0. The van der Waals surface area contributed by atoms with Gasteiger partial charge in [0, 0.05) is 19.1 Å². The Morgan fingerprint density at radius 3 is 2.53 bits per heavy atom. The number of urea groups is 1. The van der Waals surface area contributed by atoms with Gasteiger partial charge in [0.25, 0.3) is 0 Å². The second-order valence-electron chi connectivity index (χ2n) is 4.73. The van der Waals surface area contributed by atoms with Crippen LogP contribution in [0.5, 0.6) is 0 Å². The zero-order valence-electron chi connectivity index (χ0n) is 11.5. The lowest BCUT2D eigenvalue weighted by Crippen LogP contribution is -2.51. The summed E-state index contributed by atoms with van der Waals surface area (Å²) in [5.41, 5.74) is 0. The summed E-state index contributed by atoms with van der Waals surface area (Å²) in [6, 6.07) is -1.39. The predicted molar refractivity (Wildman–Crippen MR) is 68.6 cm³/mol. The molecule has 0 bridgehead atoms. The molecule has 1 heterocycles. The largest absolute Gasteiger partial charge is 0.481 e. The molecule has 0 radical (unpaired) electrons. The molecule has 3 unspecified atom stereocenters. The number of carboxylic acid groups (broad SMARTS) is 1. The summed E-state index contributed by atoms with van der Waals surface area (Å²) in [5, 5.41) is 14.2. The van der Waals surface area contributed by atoms with Crippen molar-refractivity contribution in [2.24, 2.45) is 5.92 Å². The number of rotatable bonds is 4. The Labute approximate surface area is 112 Å². The van der Waals surface area contributed by atoms with Crippen molar-refractivity contribution in [1.29, 1.82) is 0 Å². The lowest BCUT2D eigenvalue weighted by Gasteiger charge is -2.25. The van der Waals surface area contributed by atoms with E-state index >= 15 is 0 Å². The Balaban J connectivity index is 2.55. The van der Waals surface area contributed by atoms with Gasteiger partial charge in [-0.25, -0.2) is 4.79 Å². The molecule has 0 aromatic rings. The van der Waals surface area contributed by atoms with E-state index in [1.165, 1.54) is 4.90 Å². The van der Waals surface area contributed by atoms with Crippen LogP contribution in [0.3, 0.4) is 0 Å². The molecule has 1 fully saturated rings. The van der Waals surface area contributed by atoms with Gasteiger partial charge in [-0.15, -0.1) is 0 Å². The van der Waals surface area contributed by atoms with Gasteiger partial charge in [-0.3, -0.25) is 9.59 Å². The number of hydrogen-bond acceptors (Lipinski definition) is 3. The van der Waals surface area contributed by atoms with Crippen LogP contribution in [0.4, 0.5) is 4.79 Å². The fraction of sp³-hybridized carbons (Fsp3) is 0.750. The van der Waals surface area contributed by atoms with E-state index in [1.807, 2.05) is 0 Å². The smallest absolute Gasteiger partial charge is 0.318 e. The fourth-order valence-electron chi connectivity index (χ4n) is 2.22. The van der Waals surface area contributed by atoms with E-state index in [-0.39, 0.29) is 11.9 Å². The van der Waals surface area contributed by atoms with Crippen LogP contribution >= 0.6 is 0 Å². The van der Waals surface area contributed by atoms with Crippen molar-refractivity contribution < 1.29 is 19.5 Å². The topological polar surface area (TPSA) is 98.7 Å². The minimum absolute atomic E-state index is 0.252. The molecule has 1 saturated heterocycles. The number of carboxylic acids is 1. The maximum Gasteiger partial charge on any atom is 0.318 e. The minimum atomic E-state index is -0.889. The molecule has 1 rings (SSSR count). The Morgan fingerprint density at radius 2 is 2.05 bits per heavy atom. The van der Waals surface area contributed by atoms with Crippen LogP contribution in [0.25, 0.3) is 0 Å². The summed E-state index contributed by atoms with van der Waals surface area (Å²) in [4.78, 5) is 35.9. The first-order valence-corrected chi connectivity index (χ1v) is 6.46. The third kappa shape index (κ3) is 3.59. The molecule has 0 saturated carbocycles. The fourth-order valence-corrected chi connectivity index (χ4v) is 2.22. The van der Waals surface area contributed by atoms with Gasteiger partial charge in [0.15, 0.2) is 0 Å². The van der Waals surface area contributed by atoms with Crippen LogP contribution in [-0.2, 0) is 9.59 Å². The number of likely N-dealkylation sites (N-methyl/N-ethyl adjacent to an activating group) is 1. The molecule has 3 atom stereocenters. The highest BCUT2D eigenvalue weighted by molar-refractivity contribution is 5.87. The van der Waals surface area contributed by atoms with E-state index in [1.54, 1.807) is 20.8 Å². The second-order valence-corrected chi connectivity index (χ2v) is 4.73. The summed E-state index contributed by atoms with van der Waals surface area (Å²) in [5.74, 6) is -1.68. The van der Waals surface area contributed by atoms with Crippen molar-refractivity contribution in [3.05, 3.63) is 0 Å². The average molecular weight is 271 g/mol. The number of likely N-dealkylation sites (tertiary alicyclic amines) is 1. The highest BCUT2D eigenvalue weighted by Crippen LogP contribution is 2.24. The number of nitrogens with zero attached hydrogens (tertiary/aromatic N) is 1. The molecule has 0 aromatic carbocycles. The Bertz CT molecular complexity index is 372. The van der Waals surface area contributed by atoms with E-state index in [9.17, 15) is 14.4 Å². The van der Waals surface area contributed by atoms with Crippen molar-refractivity contribution >= 4 is 17.9 Å². The van der Waals surface area contributed by atoms with Crippen molar-refractivity contribution in [3.8, 4) is 0 Å². The SMILES string of the molecule is CCNC(=O)C(C)NC(=O)N1CCC(C(=O)O)C1C. The van der Waals surface area contributed by atoms with E-state index in [0.717, 1.165) is 0 Å². The van der Waals surface area contributed by atoms with Crippen molar-refractivity contribution in [3.63, 3.8) is 0 Å². The third-order valence-electron chi connectivity index (χ3n) is 3.42. The first-order chi connectivity index (χ1) is 8.88. The van der Waals surface area contributed by atoms with Crippen molar-refractivity contribution in [2.75, 3.05) is 13.1 Å². The minimum Gasteiger partial charge on any atom is -0.481 e. The number of nitrogens with one attached hydrogen (secondary N) is 2. The van der Waals surface area contributed by atoms with Crippen LogP contribution < -0.4 is 10.6 Å². The first-order valence-electron chi connectivity index (χ1n) is 6.46. The normalized spacial score (nSPS) is 23.8. The number of amides is 3. The zero-order chi connectivity index (χ0) is 14.6. The predicted octanol–water partition coefficient (Wildman–Crippen LogP) is 0.0156. The molecule has 3 amide bonds. The van der Waals surface area contributed by atoms with Crippen molar-refractivity contribution in [2.45, 2.75) is 39.3 Å². The van der Waals surface area contributed by atoms with Crippen LogP contribution in [0.1, 0.15) is 27.2 Å². The molecule has 1 aliphatic heterocycles. The Hall–Kier alpha value is -1.79. The number of carbonyl (C=O) groups is 3. The van der Waals surface area contributed by atoms with Gasteiger partial charge in [-0.05, 0) is 27.2 Å². The summed E-state index contributed by atoms with van der Waals surface area (Å²) < 4.78 is 0. The number of aliphatic carboxylic acids is 1. The summed E-state index contributed by atoms with van der Waals surface area (Å²) in [6.07, 6.45) is 0.444. The maximum absolute atomic E-state index is 12.0. The van der Waals surface area contributed by atoms with E-state index in [2.05, 4.69) is 10.6 Å².